The largest absolute Gasteiger partial charge is 0.294 e. The van der Waals surface area contributed by atoms with E-state index in [1.165, 1.54) is 30.0 Å². The van der Waals surface area contributed by atoms with Gasteiger partial charge < -0.3 is 0 Å². The Kier molecular flexibility index (Phi) is 4.09. The number of hydrogen-bond donors (Lipinski definition) is 0. The topological polar surface area (TPSA) is 30.0 Å². The van der Waals surface area contributed by atoms with E-state index in [1.54, 1.807) is 18.3 Å². The number of rotatable bonds is 3. The zero-order chi connectivity index (χ0) is 12.4. The predicted molar refractivity (Wildman–Crippen MR) is 72.7 cm³/mol. The van der Waals surface area contributed by atoms with Crippen molar-refractivity contribution >= 4 is 52.1 Å². The van der Waals surface area contributed by atoms with Crippen LogP contribution < -0.4 is 0 Å². The third kappa shape index (κ3) is 3.22. The van der Waals surface area contributed by atoms with Gasteiger partial charge in [-0.05, 0) is 18.2 Å². The van der Waals surface area contributed by atoms with Gasteiger partial charge in [0.1, 0.15) is 0 Å². The second-order valence-corrected chi connectivity index (χ2v) is 6.39. The molecule has 0 saturated carbocycles. The van der Waals surface area contributed by atoms with Crippen molar-refractivity contribution in [2.45, 2.75) is 16.2 Å². The standard InChI is InChI=1S/C11H7Cl2NOS2/c1-6(15)10-5-14-11(17-10)16-7-2-3-8(12)9(13)4-7/h2-5H,1H3. The molecule has 0 aliphatic carbocycles. The Balaban J connectivity index is 2.19. The molecule has 0 saturated heterocycles. The monoisotopic (exact) mass is 303 g/mol. The molecule has 0 spiro atoms. The molecule has 0 unspecified atom stereocenters. The van der Waals surface area contributed by atoms with Crippen LogP contribution in [0.25, 0.3) is 0 Å². The van der Waals surface area contributed by atoms with Crippen LogP contribution in [0.3, 0.4) is 0 Å². The van der Waals surface area contributed by atoms with E-state index >= 15 is 0 Å². The number of thiazole rings is 1. The summed E-state index contributed by atoms with van der Waals surface area (Å²) in [5.74, 6) is 0.0310. The van der Waals surface area contributed by atoms with Crippen LogP contribution in [-0.4, -0.2) is 10.8 Å². The van der Waals surface area contributed by atoms with Gasteiger partial charge in [0, 0.05) is 11.8 Å². The summed E-state index contributed by atoms with van der Waals surface area (Å²) in [4.78, 5) is 16.9. The molecule has 1 heterocycles. The maximum absolute atomic E-state index is 11.1. The van der Waals surface area contributed by atoms with Crippen molar-refractivity contribution in [2.24, 2.45) is 0 Å². The van der Waals surface area contributed by atoms with Gasteiger partial charge in [0.15, 0.2) is 10.1 Å². The summed E-state index contributed by atoms with van der Waals surface area (Å²) in [7, 11) is 0. The number of benzene rings is 1. The predicted octanol–water partition coefficient (Wildman–Crippen LogP) is 4.80. The van der Waals surface area contributed by atoms with E-state index in [4.69, 9.17) is 23.2 Å². The fourth-order valence-electron chi connectivity index (χ4n) is 1.11. The second kappa shape index (κ2) is 5.40. The minimum absolute atomic E-state index is 0.0310. The molecule has 0 aliphatic heterocycles. The average Bonchev–Trinajstić information content (AvgIpc) is 2.72. The first-order chi connectivity index (χ1) is 8.06. The quantitative estimate of drug-likeness (QED) is 0.763. The summed E-state index contributed by atoms with van der Waals surface area (Å²) in [5, 5.41) is 1.04. The first-order valence-corrected chi connectivity index (χ1v) is 7.05. The zero-order valence-electron chi connectivity index (χ0n) is 8.74. The fourth-order valence-corrected chi connectivity index (χ4v) is 3.36. The van der Waals surface area contributed by atoms with Gasteiger partial charge in [-0.15, -0.1) is 11.3 Å². The Hall–Kier alpha value is -0.550. The van der Waals surface area contributed by atoms with Crippen molar-refractivity contribution in [3.8, 4) is 0 Å². The molecule has 2 nitrogen and oxygen atoms in total. The highest BCUT2D eigenvalue weighted by Gasteiger charge is 2.08. The first-order valence-electron chi connectivity index (χ1n) is 4.66. The summed E-state index contributed by atoms with van der Waals surface area (Å²) in [6.07, 6.45) is 1.59. The number of Topliss-reactive ketones (excluding diaryl/α,β-unsaturated/α-hetero) is 1. The normalized spacial score (nSPS) is 10.5. The molecule has 88 valence electrons. The molecule has 0 aliphatic rings. The van der Waals surface area contributed by atoms with Crippen LogP contribution in [0.4, 0.5) is 0 Å². The zero-order valence-corrected chi connectivity index (χ0v) is 11.9. The van der Waals surface area contributed by atoms with Gasteiger partial charge in [-0.3, -0.25) is 4.79 Å². The molecule has 0 atom stereocenters. The number of halogens is 2. The number of ketones is 1. The summed E-state index contributed by atoms with van der Waals surface area (Å²) in [6.45, 7) is 1.53. The van der Waals surface area contributed by atoms with E-state index in [0.29, 0.717) is 14.9 Å². The van der Waals surface area contributed by atoms with Crippen molar-refractivity contribution < 1.29 is 4.79 Å². The van der Waals surface area contributed by atoms with E-state index in [0.717, 1.165) is 9.24 Å². The number of nitrogens with zero attached hydrogens (tertiary/aromatic N) is 1. The molecule has 0 N–H and O–H groups in total. The van der Waals surface area contributed by atoms with Gasteiger partial charge in [0.2, 0.25) is 0 Å². The second-order valence-electron chi connectivity index (χ2n) is 3.22. The Morgan fingerprint density at radius 3 is 2.71 bits per heavy atom. The van der Waals surface area contributed by atoms with Gasteiger partial charge in [0.25, 0.3) is 0 Å². The summed E-state index contributed by atoms with van der Waals surface area (Å²) >= 11 is 14.6. The van der Waals surface area contributed by atoms with Gasteiger partial charge in [-0.2, -0.15) is 0 Å². The third-order valence-electron chi connectivity index (χ3n) is 1.93. The van der Waals surface area contributed by atoms with Crippen LogP contribution in [0.1, 0.15) is 16.6 Å². The first kappa shape index (κ1) is 12.9. The number of hydrogen-bond acceptors (Lipinski definition) is 4. The Morgan fingerprint density at radius 1 is 1.35 bits per heavy atom. The highest BCUT2D eigenvalue weighted by atomic mass is 35.5. The summed E-state index contributed by atoms with van der Waals surface area (Å²) in [5.41, 5.74) is 0. The molecule has 1 aromatic carbocycles. The minimum atomic E-state index is 0.0310. The molecule has 0 amide bonds. The number of carbonyl (C=O) groups is 1. The van der Waals surface area contributed by atoms with Gasteiger partial charge in [-0.1, -0.05) is 35.0 Å². The van der Waals surface area contributed by atoms with Crippen molar-refractivity contribution in [1.29, 1.82) is 0 Å². The fraction of sp³-hybridized carbons (Fsp3) is 0.0909. The molecular formula is C11H7Cl2NOS2. The van der Waals surface area contributed by atoms with Gasteiger partial charge in [-0.25, -0.2) is 4.98 Å². The van der Waals surface area contributed by atoms with Crippen LogP contribution in [0, 0.1) is 0 Å². The van der Waals surface area contributed by atoms with Crippen molar-refractivity contribution in [3.05, 3.63) is 39.3 Å². The SMILES string of the molecule is CC(=O)c1cnc(Sc2ccc(Cl)c(Cl)c2)s1. The Labute approximate surface area is 117 Å². The lowest BCUT2D eigenvalue weighted by molar-refractivity contribution is 0.102. The molecule has 1 aromatic heterocycles. The van der Waals surface area contributed by atoms with Crippen molar-refractivity contribution in [3.63, 3.8) is 0 Å². The lowest BCUT2D eigenvalue weighted by atomic mass is 10.4. The summed E-state index contributed by atoms with van der Waals surface area (Å²) in [6, 6.07) is 5.39. The van der Waals surface area contributed by atoms with Gasteiger partial charge >= 0.3 is 0 Å². The highest BCUT2D eigenvalue weighted by Crippen LogP contribution is 2.34. The molecule has 0 bridgehead atoms. The van der Waals surface area contributed by atoms with Crippen molar-refractivity contribution in [2.75, 3.05) is 0 Å². The number of carbonyl (C=O) groups excluding carboxylic acids is 1. The Morgan fingerprint density at radius 2 is 2.12 bits per heavy atom. The van der Waals surface area contributed by atoms with Crippen LogP contribution in [-0.2, 0) is 0 Å². The van der Waals surface area contributed by atoms with E-state index in [1.807, 2.05) is 6.07 Å². The molecule has 6 heteroatoms. The van der Waals surface area contributed by atoms with Crippen LogP contribution >= 0.6 is 46.3 Å². The average molecular weight is 304 g/mol. The Bertz CT molecular complexity index is 568. The van der Waals surface area contributed by atoms with E-state index in [9.17, 15) is 4.79 Å². The number of aromatic nitrogens is 1. The molecule has 0 radical (unpaired) electrons. The maximum Gasteiger partial charge on any atom is 0.171 e. The molecule has 2 aromatic rings. The van der Waals surface area contributed by atoms with Crippen LogP contribution in [0.2, 0.25) is 10.0 Å². The highest BCUT2D eigenvalue weighted by molar-refractivity contribution is 8.01. The summed E-state index contributed by atoms with van der Waals surface area (Å²) < 4.78 is 0.814. The van der Waals surface area contributed by atoms with Crippen LogP contribution in [0.5, 0.6) is 0 Å². The smallest absolute Gasteiger partial charge is 0.171 e. The molecule has 0 fully saturated rings. The van der Waals surface area contributed by atoms with E-state index in [2.05, 4.69) is 4.98 Å². The lowest BCUT2D eigenvalue weighted by Gasteiger charge is -1.99. The minimum Gasteiger partial charge on any atom is -0.294 e. The van der Waals surface area contributed by atoms with Gasteiger partial charge in [0.05, 0.1) is 21.1 Å². The maximum atomic E-state index is 11.1. The lowest BCUT2D eigenvalue weighted by Crippen LogP contribution is -1.83. The molecule has 17 heavy (non-hydrogen) atoms. The molecular weight excluding hydrogens is 297 g/mol. The van der Waals surface area contributed by atoms with Crippen molar-refractivity contribution in [1.82, 2.24) is 4.98 Å². The van der Waals surface area contributed by atoms with Crippen LogP contribution in [0.15, 0.2) is 33.6 Å². The van der Waals surface area contributed by atoms with E-state index < -0.39 is 0 Å². The van der Waals surface area contributed by atoms with E-state index in [-0.39, 0.29) is 5.78 Å². The molecule has 2 rings (SSSR count). The third-order valence-corrected chi connectivity index (χ3v) is 4.83.